The zero-order valence-electron chi connectivity index (χ0n) is 24.9. The number of fused-ring (bicyclic) bond motifs is 2. The largest absolute Gasteiger partial charge is 0.462 e. The molecule has 2 fully saturated rings. The highest BCUT2D eigenvalue weighted by atomic mass is 19.1. The molecule has 13 heteroatoms. The Morgan fingerprint density at radius 3 is 2.62 bits per heavy atom. The van der Waals surface area contributed by atoms with E-state index in [0.29, 0.717) is 24.0 Å². The lowest BCUT2D eigenvalue weighted by molar-refractivity contribution is -0.131. The van der Waals surface area contributed by atoms with Crippen LogP contribution in [0.5, 0.6) is 6.01 Å². The number of nitrogens with zero attached hydrogens (tertiary/aromatic N) is 7. The number of hydrogen-bond acceptors (Lipinski definition) is 8. The summed E-state index contributed by atoms with van der Waals surface area (Å²) in [5.74, 6) is -2.78. The maximum Gasteiger partial charge on any atom is 0.319 e. The molecule has 0 N–H and O–H groups in total. The molecule has 2 saturated heterocycles. The Hall–Kier alpha value is -4.31. The van der Waals surface area contributed by atoms with Gasteiger partial charge in [-0.05, 0) is 62.4 Å². The SMILES string of the molecule is C=C(F)C(=O)N1CCN(c2nc(OC[C@@H]3C[C@@H](F)CN3C)nc3c(F)c(-c4ccc(F)c5c4CCCC5)ncc23)C[C@@H]1CC#N. The molecule has 3 atom stereocenters. The van der Waals surface area contributed by atoms with Gasteiger partial charge in [-0.15, -0.1) is 0 Å². The first kappa shape index (κ1) is 30.7. The van der Waals surface area contributed by atoms with Crippen molar-refractivity contribution >= 4 is 22.6 Å². The third-order valence-electron chi connectivity index (χ3n) is 9.02. The van der Waals surface area contributed by atoms with Crippen LogP contribution in [0.25, 0.3) is 22.2 Å². The third kappa shape index (κ3) is 5.91. The first-order chi connectivity index (χ1) is 21.7. The van der Waals surface area contributed by atoms with Gasteiger partial charge in [-0.2, -0.15) is 15.2 Å². The van der Waals surface area contributed by atoms with E-state index in [0.717, 1.165) is 18.4 Å². The maximum absolute atomic E-state index is 16.5. The van der Waals surface area contributed by atoms with E-state index in [9.17, 15) is 23.2 Å². The lowest BCUT2D eigenvalue weighted by Crippen LogP contribution is -2.55. The number of carbonyl (C=O) groups is 1. The first-order valence-corrected chi connectivity index (χ1v) is 15.1. The van der Waals surface area contributed by atoms with Crippen molar-refractivity contribution < 1.29 is 27.1 Å². The minimum absolute atomic E-state index is 0.0336. The second-order valence-corrected chi connectivity index (χ2v) is 11.9. The van der Waals surface area contributed by atoms with Crippen LogP contribution in [0.15, 0.2) is 30.7 Å². The van der Waals surface area contributed by atoms with Crippen molar-refractivity contribution in [3.8, 4) is 23.3 Å². The summed E-state index contributed by atoms with van der Waals surface area (Å²) in [4.78, 5) is 30.8. The van der Waals surface area contributed by atoms with Gasteiger partial charge in [-0.3, -0.25) is 14.7 Å². The minimum Gasteiger partial charge on any atom is -0.462 e. The van der Waals surface area contributed by atoms with Gasteiger partial charge in [-0.25, -0.2) is 17.6 Å². The topological polar surface area (TPSA) is 98.5 Å². The molecule has 1 aliphatic carbocycles. The number of pyridine rings is 1. The number of ether oxygens (including phenoxy) is 1. The summed E-state index contributed by atoms with van der Waals surface area (Å²) in [7, 11) is 1.80. The Labute approximate surface area is 258 Å². The standard InChI is InChI=1S/C32H33F4N7O2/c1-18(33)31(44)43-12-11-42(16-20(43)9-10-37)30-25-14-38-28(24-7-8-26(35)23-6-4-3-5-22(23)24)27(36)29(25)39-32(40-30)45-17-21-13-19(34)15-41(21)2/h7-8,14,19-21H,1,3-6,9,11-13,15-17H2,2H3/t19-,20+,21+/m1/s1. The summed E-state index contributed by atoms with van der Waals surface area (Å²) in [6, 6.07) is 3.88. The van der Waals surface area contributed by atoms with Gasteiger partial charge in [0, 0.05) is 44.0 Å². The second-order valence-electron chi connectivity index (χ2n) is 11.9. The van der Waals surface area contributed by atoms with E-state index >= 15 is 4.39 Å². The molecule has 0 radical (unpaired) electrons. The molecule has 236 valence electrons. The van der Waals surface area contributed by atoms with Crippen LogP contribution in [0, 0.1) is 23.0 Å². The average Bonchev–Trinajstić information content (AvgIpc) is 3.36. The van der Waals surface area contributed by atoms with Crippen LogP contribution in [0.4, 0.5) is 23.4 Å². The van der Waals surface area contributed by atoms with Gasteiger partial charge < -0.3 is 14.5 Å². The lowest BCUT2D eigenvalue weighted by Gasteiger charge is -2.41. The summed E-state index contributed by atoms with van der Waals surface area (Å²) in [5, 5.41) is 9.71. The van der Waals surface area contributed by atoms with Crippen LogP contribution < -0.4 is 9.64 Å². The Morgan fingerprint density at radius 1 is 1.13 bits per heavy atom. The van der Waals surface area contributed by atoms with Crippen molar-refractivity contribution in [3.63, 3.8) is 0 Å². The zero-order chi connectivity index (χ0) is 31.8. The molecule has 0 bridgehead atoms. The van der Waals surface area contributed by atoms with E-state index in [2.05, 4.69) is 21.5 Å². The van der Waals surface area contributed by atoms with Crippen molar-refractivity contribution in [1.82, 2.24) is 24.8 Å². The Balaban J connectivity index is 1.42. The highest BCUT2D eigenvalue weighted by Gasteiger charge is 2.34. The smallest absolute Gasteiger partial charge is 0.319 e. The van der Waals surface area contributed by atoms with E-state index in [1.807, 2.05) is 11.0 Å². The molecule has 6 rings (SSSR count). The number of nitriles is 1. The number of alkyl halides is 1. The molecule has 4 heterocycles. The van der Waals surface area contributed by atoms with Gasteiger partial charge >= 0.3 is 6.01 Å². The van der Waals surface area contributed by atoms with Gasteiger partial charge in [0.2, 0.25) is 0 Å². The molecule has 2 aromatic heterocycles. The van der Waals surface area contributed by atoms with Gasteiger partial charge in [-0.1, -0.05) is 6.58 Å². The third-order valence-corrected chi connectivity index (χ3v) is 9.02. The highest BCUT2D eigenvalue weighted by Crippen LogP contribution is 2.37. The summed E-state index contributed by atoms with van der Waals surface area (Å²) in [6.45, 7) is 3.81. The number of anilines is 1. The second kappa shape index (κ2) is 12.6. The molecular weight excluding hydrogens is 590 g/mol. The Bertz CT molecular complexity index is 1700. The predicted octanol–water partition coefficient (Wildman–Crippen LogP) is 4.68. The van der Waals surface area contributed by atoms with Crippen LogP contribution in [0.3, 0.4) is 0 Å². The molecular formula is C32H33F4N7O2. The molecule has 3 aliphatic rings. The van der Waals surface area contributed by atoms with Crippen molar-refractivity contribution in [2.45, 2.75) is 56.8 Å². The molecule has 3 aromatic rings. The van der Waals surface area contributed by atoms with E-state index in [-0.39, 0.29) is 85.9 Å². The number of likely N-dealkylation sites (N-methyl/N-ethyl adjacent to an activating group) is 1. The molecule has 1 aromatic carbocycles. The maximum atomic E-state index is 16.5. The number of piperazine rings is 1. The van der Waals surface area contributed by atoms with E-state index in [1.165, 1.54) is 17.2 Å². The van der Waals surface area contributed by atoms with Crippen LogP contribution in [0.2, 0.25) is 0 Å². The number of benzene rings is 1. The predicted molar refractivity (Wildman–Crippen MR) is 159 cm³/mol. The fraction of sp³-hybridized carbons (Fsp3) is 0.469. The van der Waals surface area contributed by atoms with Crippen LogP contribution >= 0.6 is 0 Å². The van der Waals surface area contributed by atoms with Gasteiger partial charge in [0.25, 0.3) is 5.91 Å². The minimum atomic E-state index is -1.12. The number of hydrogen-bond donors (Lipinski definition) is 0. The lowest BCUT2D eigenvalue weighted by atomic mass is 9.86. The quantitative estimate of drug-likeness (QED) is 0.277. The normalized spacial score (nSPS) is 21.9. The zero-order valence-corrected chi connectivity index (χ0v) is 24.9. The van der Waals surface area contributed by atoms with Gasteiger partial charge in [0.15, 0.2) is 11.6 Å². The molecule has 0 saturated carbocycles. The van der Waals surface area contributed by atoms with Crippen molar-refractivity contribution in [3.05, 3.63) is 53.5 Å². The Kier molecular flexibility index (Phi) is 8.59. The van der Waals surface area contributed by atoms with Crippen molar-refractivity contribution in [1.29, 1.82) is 5.26 Å². The fourth-order valence-corrected chi connectivity index (χ4v) is 6.69. The summed E-state index contributed by atoms with van der Waals surface area (Å²) < 4.78 is 64.9. The molecule has 9 nitrogen and oxygen atoms in total. The van der Waals surface area contributed by atoms with Crippen molar-refractivity contribution in [2.75, 3.05) is 44.7 Å². The van der Waals surface area contributed by atoms with E-state index in [1.54, 1.807) is 18.0 Å². The Morgan fingerprint density at radius 2 is 1.91 bits per heavy atom. The molecule has 2 aliphatic heterocycles. The molecule has 1 amide bonds. The highest BCUT2D eigenvalue weighted by molar-refractivity contribution is 5.93. The van der Waals surface area contributed by atoms with E-state index in [4.69, 9.17) is 4.74 Å². The van der Waals surface area contributed by atoms with E-state index < -0.39 is 29.8 Å². The van der Waals surface area contributed by atoms with Crippen molar-refractivity contribution in [2.24, 2.45) is 0 Å². The molecule has 45 heavy (non-hydrogen) atoms. The number of rotatable bonds is 7. The van der Waals surface area contributed by atoms with Gasteiger partial charge in [0.05, 0.1) is 23.9 Å². The number of carbonyl (C=O) groups excluding carboxylic acids is 1. The summed E-state index contributed by atoms with van der Waals surface area (Å²) in [5.41, 5.74) is 1.78. The summed E-state index contributed by atoms with van der Waals surface area (Å²) >= 11 is 0. The monoisotopic (exact) mass is 623 g/mol. The van der Waals surface area contributed by atoms with Crippen LogP contribution in [-0.4, -0.2) is 88.7 Å². The number of halogens is 4. The fourth-order valence-electron chi connectivity index (χ4n) is 6.69. The number of amides is 1. The van der Waals surface area contributed by atoms with Crippen LogP contribution in [0.1, 0.15) is 36.8 Å². The van der Waals surface area contributed by atoms with Crippen LogP contribution in [-0.2, 0) is 17.6 Å². The average molecular weight is 624 g/mol. The number of likely N-dealkylation sites (tertiary alicyclic amines) is 1. The molecule has 0 unspecified atom stereocenters. The summed E-state index contributed by atoms with van der Waals surface area (Å²) in [6.07, 6.45) is 3.55. The van der Waals surface area contributed by atoms with Gasteiger partial charge in [0.1, 0.15) is 35.6 Å². The number of aromatic nitrogens is 3. The first-order valence-electron chi connectivity index (χ1n) is 15.1. The molecule has 0 spiro atoms.